The van der Waals surface area contributed by atoms with Crippen LogP contribution in [0.2, 0.25) is 0 Å². The lowest BCUT2D eigenvalue weighted by molar-refractivity contribution is -0.0599. The van der Waals surface area contributed by atoms with Crippen molar-refractivity contribution in [2.24, 2.45) is 0 Å². The maximum atomic E-state index is 12.2. The van der Waals surface area contributed by atoms with Crippen molar-refractivity contribution in [1.29, 1.82) is 0 Å². The van der Waals surface area contributed by atoms with Crippen LogP contribution in [0.4, 0.5) is 0 Å². The van der Waals surface area contributed by atoms with Gasteiger partial charge in [0.2, 0.25) is 10.0 Å². The molecule has 1 heterocycles. The standard InChI is InChI=1S/C13H19NO3S/c1-13(2)10-11(8-9-17-13)14-18(15,16)12-6-4-3-5-7-12/h3-7,11,14H,8-10H2,1-2H3. The van der Waals surface area contributed by atoms with Gasteiger partial charge in [0, 0.05) is 12.6 Å². The molecular formula is C13H19NO3S. The predicted octanol–water partition coefficient (Wildman–Crippen LogP) is 1.92. The minimum atomic E-state index is -3.42. The summed E-state index contributed by atoms with van der Waals surface area (Å²) in [5.74, 6) is 0. The molecule has 0 spiro atoms. The Hall–Kier alpha value is -0.910. The quantitative estimate of drug-likeness (QED) is 0.912. The van der Waals surface area contributed by atoms with Crippen LogP contribution < -0.4 is 4.72 Å². The van der Waals surface area contributed by atoms with E-state index in [4.69, 9.17) is 4.74 Å². The van der Waals surface area contributed by atoms with Gasteiger partial charge in [-0.1, -0.05) is 18.2 Å². The van der Waals surface area contributed by atoms with Crippen LogP contribution in [-0.2, 0) is 14.8 Å². The van der Waals surface area contributed by atoms with E-state index in [1.807, 2.05) is 13.8 Å². The molecule has 0 saturated carbocycles. The summed E-state index contributed by atoms with van der Waals surface area (Å²) in [5.41, 5.74) is -0.262. The first-order valence-corrected chi connectivity index (χ1v) is 7.59. The van der Waals surface area contributed by atoms with Gasteiger partial charge in [0.15, 0.2) is 0 Å². The monoisotopic (exact) mass is 269 g/mol. The van der Waals surface area contributed by atoms with Gasteiger partial charge < -0.3 is 4.74 Å². The van der Waals surface area contributed by atoms with E-state index in [2.05, 4.69) is 4.72 Å². The van der Waals surface area contributed by atoms with Gasteiger partial charge in [-0.05, 0) is 38.8 Å². The molecule has 0 amide bonds. The van der Waals surface area contributed by atoms with Gasteiger partial charge in [-0.3, -0.25) is 0 Å². The van der Waals surface area contributed by atoms with Crippen LogP contribution in [0, 0.1) is 0 Å². The molecule has 5 heteroatoms. The lowest BCUT2D eigenvalue weighted by Gasteiger charge is -2.35. The highest BCUT2D eigenvalue weighted by Crippen LogP contribution is 2.25. The normalized spacial score (nSPS) is 23.8. The molecule has 1 aliphatic heterocycles. The van der Waals surface area contributed by atoms with Gasteiger partial charge in [-0.15, -0.1) is 0 Å². The molecule has 4 nitrogen and oxygen atoms in total. The Morgan fingerprint density at radius 2 is 1.94 bits per heavy atom. The lowest BCUT2D eigenvalue weighted by Crippen LogP contribution is -2.45. The van der Waals surface area contributed by atoms with Crippen LogP contribution in [0.3, 0.4) is 0 Å². The van der Waals surface area contributed by atoms with Gasteiger partial charge in [0.05, 0.1) is 10.5 Å². The SMILES string of the molecule is CC1(C)CC(NS(=O)(=O)c2ccccc2)CCO1. The van der Waals surface area contributed by atoms with Crippen LogP contribution in [-0.4, -0.2) is 26.7 Å². The number of ether oxygens (including phenoxy) is 1. The van der Waals surface area contributed by atoms with E-state index in [9.17, 15) is 8.42 Å². The summed E-state index contributed by atoms with van der Waals surface area (Å²) in [7, 11) is -3.42. The fraction of sp³-hybridized carbons (Fsp3) is 0.538. The molecule has 1 saturated heterocycles. The minimum Gasteiger partial charge on any atom is -0.375 e. The average molecular weight is 269 g/mol. The zero-order valence-corrected chi connectivity index (χ0v) is 11.5. The molecule has 1 atom stereocenters. The lowest BCUT2D eigenvalue weighted by atomic mass is 9.95. The van der Waals surface area contributed by atoms with Crippen molar-refractivity contribution in [1.82, 2.24) is 4.72 Å². The Bertz CT molecular complexity index is 496. The second-order valence-electron chi connectivity index (χ2n) is 5.23. The minimum absolute atomic E-state index is 0.0565. The maximum absolute atomic E-state index is 12.2. The summed E-state index contributed by atoms with van der Waals surface area (Å²) in [6.07, 6.45) is 1.41. The Balaban J connectivity index is 2.10. The molecule has 0 radical (unpaired) electrons. The number of sulfonamides is 1. The van der Waals surface area contributed by atoms with Crippen molar-refractivity contribution in [3.05, 3.63) is 30.3 Å². The molecule has 1 N–H and O–H groups in total. The van der Waals surface area contributed by atoms with Gasteiger partial charge >= 0.3 is 0 Å². The second-order valence-corrected chi connectivity index (χ2v) is 6.95. The highest BCUT2D eigenvalue weighted by Gasteiger charge is 2.31. The van der Waals surface area contributed by atoms with Crippen LogP contribution in [0.25, 0.3) is 0 Å². The van der Waals surface area contributed by atoms with Gasteiger partial charge in [-0.2, -0.15) is 0 Å². The molecule has 100 valence electrons. The summed E-state index contributed by atoms with van der Waals surface area (Å²) in [6, 6.07) is 8.40. The summed E-state index contributed by atoms with van der Waals surface area (Å²) in [4.78, 5) is 0.314. The topological polar surface area (TPSA) is 55.4 Å². The Labute approximate surface area is 108 Å². The highest BCUT2D eigenvalue weighted by molar-refractivity contribution is 7.89. The Morgan fingerprint density at radius 3 is 2.56 bits per heavy atom. The smallest absolute Gasteiger partial charge is 0.240 e. The number of nitrogens with one attached hydrogen (secondary N) is 1. The van der Waals surface area contributed by atoms with E-state index in [1.165, 1.54) is 0 Å². The van der Waals surface area contributed by atoms with Crippen molar-refractivity contribution in [3.63, 3.8) is 0 Å². The molecule has 0 aromatic heterocycles. The first-order chi connectivity index (χ1) is 8.39. The molecule has 1 aromatic carbocycles. The van der Waals surface area contributed by atoms with E-state index in [1.54, 1.807) is 30.3 Å². The van der Waals surface area contributed by atoms with E-state index in [0.717, 1.165) is 6.42 Å². The summed E-state index contributed by atoms with van der Waals surface area (Å²) in [6.45, 7) is 4.56. The molecule has 2 rings (SSSR count). The Kier molecular flexibility index (Phi) is 3.75. The summed E-state index contributed by atoms with van der Waals surface area (Å²) >= 11 is 0. The molecular weight excluding hydrogens is 250 g/mol. The second kappa shape index (κ2) is 4.99. The third-order valence-electron chi connectivity index (χ3n) is 3.07. The van der Waals surface area contributed by atoms with Crippen molar-refractivity contribution in [3.8, 4) is 0 Å². The first kappa shape index (κ1) is 13.5. The number of hydrogen-bond acceptors (Lipinski definition) is 3. The average Bonchev–Trinajstić information content (AvgIpc) is 2.28. The molecule has 1 fully saturated rings. The highest BCUT2D eigenvalue weighted by atomic mass is 32.2. The van der Waals surface area contributed by atoms with Crippen LogP contribution >= 0.6 is 0 Å². The third-order valence-corrected chi connectivity index (χ3v) is 4.61. The van der Waals surface area contributed by atoms with E-state index >= 15 is 0 Å². The fourth-order valence-corrected chi connectivity index (χ4v) is 3.51. The van der Waals surface area contributed by atoms with Crippen molar-refractivity contribution >= 4 is 10.0 Å². The van der Waals surface area contributed by atoms with Crippen LogP contribution in [0.5, 0.6) is 0 Å². The van der Waals surface area contributed by atoms with Gasteiger partial charge in [0.25, 0.3) is 0 Å². The zero-order valence-electron chi connectivity index (χ0n) is 10.7. The third kappa shape index (κ3) is 3.31. The molecule has 1 aliphatic rings. The van der Waals surface area contributed by atoms with Crippen LogP contribution in [0.1, 0.15) is 26.7 Å². The first-order valence-electron chi connectivity index (χ1n) is 6.10. The van der Waals surface area contributed by atoms with Gasteiger partial charge in [-0.25, -0.2) is 13.1 Å². The number of rotatable bonds is 3. The zero-order chi connectivity index (χ0) is 13.2. The largest absolute Gasteiger partial charge is 0.375 e. The van der Waals surface area contributed by atoms with Crippen molar-refractivity contribution in [2.75, 3.05) is 6.61 Å². The molecule has 0 bridgehead atoms. The predicted molar refractivity (Wildman–Crippen MR) is 69.8 cm³/mol. The van der Waals surface area contributed by atoms with E-state index < -0.39 is 10.0 Å². The molecule has 18 heavy (non-hydrogen) atoms. The summed E-state index contributed by atoms with van der Waals surface area (Å²) < 4.78 is 32.7. The molecule has 1 aromatic rings. The van der Waals surface area contributed by atoms with E-state index in [-0.39, 0.29) is 11.6 Å². The van der Waals surface area contributed by atoms with Gasteiger partial charge in [0.1, 0.15) is 0 Å². The maximum Gasteiger partial charge on any atom is 0.240 e. The Morgan fingerprint density at radius 1 is 1.28 bits per heavy atom. The number of hydrogen-bond donors (Lipinski definition) is 1. The molecule has 0 aliphatic carbocycles. The van der Waals surface area contributed by atoms with Crippen molar-refractivity contribution < 1.29 is 13.2 Å². The summed E-state index contributed by atoms with van der Waals surface area (Å²) in [5, 5.41) is 0. The molecule has 1 unspecified atom stereocenters. The number of benzene rings is 1. The fourth-order valence-electron chi connectivity index (χ4n) is 2.22. The van der Waals surface area contributed by atoms with E-state index in [0.29, 0.717) is 17.9 Å². The van der Waals surface area contributed by atoms with Crippen molar-refractivity contribution in [2.45, 2.75) is 43.2 Å². The van der Waals surface area contributed by atoms with Crippen LogP contribution in [0.15, 0.2) is 35.2 Å².